The van der Waals surface area contributed by atoms with Gasteiger partial charge >= 0.3 is 5.97 Å². The summed E-state index contributed by atoms with van der Waals surface area (Å²) in [6.45, 7) is -5.65. The Bertz CT molecular complexity index is 648. The van der Waals surface area contributed by atoms with E-state index in [-0.39, 0.29) is 5.56 Å². The minimum Gasteiger partial charge on any atom is -0.481 e. The summed E-state index contributed by atoms with van der Waals surface area (Å²) in [6.07, 6.45) is -3.22. The van der Waals surface area contributed by atoms with Crippen LogP contribution < -0.4 is 0 Å². The van der Waals surface area contributed by atoms with Crippen molar-refractivity contribution in [3.63, 3.8) is 0 Å². The molecule has 0 bridgehead atoms. The Balaban J connectivity index is 3.59. The van der Waals surface area contributed by atoms with Crippen molar-refractivity contribution < 1.29 is 23.6 Å². The van der Waals surface area contributed by atoms with Crippen molar-refractivity contribution in [2.75, 3.05) is 0 Å². The number of rotatable bonds is 4. The average Bonchev–Trinajstić information content (AvgIpc) is 2.42. The van der Waals surface area contributed by atoms with Crippen LogP contribution in [0.1, 0.15) is 51.4 Å². The highest BCUT2D eigenvalue weighted by atomic mass is 16.4. The predicted molar refractivity (Wildman–Crippen MR) is 61.0 cm³/mol. The molecule has 1 rings (SSSR count). The van der Waals surface area contributed by atoms with Gasteiger partial charge < -0.3 is 5.11 Å². The van der Waals surface area contributed by atoms with Crippen LogP contribution in [0.25, 0.3) is 0 Å². The van der Waals surface area contributed by atoms with Crippen LogP contribution in [0, 0.1) is 5.89 Å². The van der Waals surface area contributed by atoms with Crippen molar-refractivity contribution in [2.24, 2.45) is 5.89 Å². The van der Waals surface area contributed by atoms with Gasteiger partial charge in [-0.25, -0.2) is 0 Å². The largest absolute Gasteiger partial charge is 0.481 e. The molecular formula is C13H18O2. The van der Waals surface area contributed by atoms with Gasteiger partial charge in [-0.3, -0.25) is 4.79 Å². The molecule has 82 valence electrons. The first kappa shape index (κ1) is 3.93. The molecule has 0 amide bonds. The van der Waals surface area contributed by atoms with Gasteiger partial charge in [0.2, 0.25) is 0 Å². The molecular weight excluding hydrogens is 188 g/mol. The van der Waals surface area contributed by atoms with Crippen LogP contribution in [-0.4, -0.2) is 11.1 Å². The SMILES string of the molecule is [2H]c1cc(C(C)C(=O)O)ccc1C([2H])([2H])C([2H])(C([2H])([2H])[2H])C([2H])([2H])[2H]. The van der Waals surface area contributed by atoms with Crippen molar-refractivity contribution >= 4 is 5.97 Å². The first-order valence-corrected chi connectivity index (χ1v) is 4.32. The Kier molecular flexibility index (Phi) is 1.30. The second-order valence-corrected chi connectivity index (χ2v) is 3.10. The molecule has 0 saturated carbocycles. The van der Waals surface area contributed by atoms with Crippen LogP contribution in [0.2, 0.25) is 0 Å². The predicted octanol–water partition coefficient (Wildman–Crippen LogP) is 3.07. The number of benzene rings is 1. The van der Waals surface area contributed by atoms with Crippen LogP contribution in [0.4, 0.5) is 0 Å². The summed E-state index contributed by atoms with van der Waals surface area (Å²) in [4.78, 5) is 11.0. The summed E-state index contributed by atoms with van der Waals surface area (Å²) in [6, 6.07) is 2.62. The normalized spacial score (nSPS) is 25.9. The fourth-order valence-corrected chi connectivity index (χ4v) is 1.06. The highest BCUT2D eigenvalue weighted by molar-refractivity contribution is 5.75. The fraction of sp³-hybridized carbons (Fsp3) is 0.462. The lowest BCUT2D eigenvalue weighted by Gasteiger charge is -2.09. The zero-order valence-corrected chi connectivity index (χ0v) is 8.16. The van der Waals surface area contributed by atoms with Gasteiger partial charge in [0.05, 0.1) is 7.29 Å². The molecule has 0 fully saturated rings. The van der Waals surface area contributed by atoms with Gasteiger partial charge in [0.25, 0.3) is 0 Å². The summed E-state index contributed by atoms with van der Waals surface area (Å²) in [5.41, 5.74) is -0.425. The molecule has 1 unspecified atom stereocenters. The maximum atomic E-state index is 11.0. The highest BCUT2D eigenvalue weighted by Crippen LogP contribution is 2.17. The monoisotopic (exact) mass is 216 g/mol. The average molecular weight is 216 g/mol. The Morgan fingerprint density at radius 2 is 2.40 bits per heavy atom. The van der Waals surface area contributed by atoms with Crippen molar-refractivity contribution in [3.8, 4) is 0 Å². The van der Waals surface area contributed by atoms with Crippen molar-refractivity contribution in [1.82, 2.24) is 0 Å². The van der Waals surface area contributed by atoms with Gasteiger partial charge in [-0.15, -0.1) is 0 Å². The number of carbonyl (C=O) groups is 1. The van der Waals surface area contributed by atoms with E-state index < -0.39 is 49.5 Å². The number of aliphatic carboxylic acids is 1. The molecule has 0 aliphatic rings. The number of hydrogen-bond donors (Lipinski definition) is 1. The van der Waals surface area contributed by atoms with Crippen LogP contribution in [-0.2, 0) is 11.2 Å². The molecule has 1 atom stereocenters. The lowest BCUT2D eigenvalue weighted by atomic mass is 9.97. The molecule has 0 aliphatic carbocycles. The molecule has 2 nitrogen and oxygen atoms in total. The van der Waals surface area contributed by atoms with E-state index in [0.717, 1.165) is 12.1 Å². The number of carboxylic acid groups (broad SMARTS) is 1. The minimum atomic E-state index is -3.51. The molecule has 1 aromatic carbocycles. The van der Waals surface area contributed by atoms with E-state index in [9.17, 15) is 4.79 Å². The van der Waals surface area contributed by atoms with Gasteiger partial charge in [0.1, 0.15) is 0 Å². The van der Waals surface area contributed by atoms with Crippen LogP contribution in [0.15, 0.2) is 24.2 Å². The van der Waals surface area contributed by atoms with Gasteiger partial charge in [-0.1, -0.05) is 37.9 Å². The molecule has 1 aromatic rings. The van der Waals surface area contributed by atoms with Crippen LogP contribution >= 0.6 is 0 Å². The third-order valence-corrected chi connectivity index (χ3v) is 1.97. The van der Waals surface area contributed by atoms with E-state index in [2.05, 4.69) is 0 Å². The van der Waals surface area contributed by atoms with E-state index in [0.29, 0.717) is 0 Å². The van der Waals surface area contributed by atoms with Gasteiger partial charge in [0, 0.05) is 12.3 Å². The Morgan fingerprint density at radius 1 is 1.67 bits per heavy atom. The summed E-state index contributed by atoms with van der Waals surface area (Å²) in [5, 5.41) is 8.98. The smallest absolute Gasteiger partial charge is 0.310 e. The lowest BCUT2D eigenvalue weighted by Crippen LogP contribution is -2.07. The van der Waals surface area contributed by atoms with Crippen LogP contribution in [0.5, 0.6) is 0 Å². The molecule has 0 radical (unpaired) electrons. The summed E-state index contributed by atoms with van der Waals surface area (Å²) in [5.74, 6) is -5.67. The fourth-order valence-electron chi connectivity index (χ4n) is 1.06. The Labute approximate surface area is 105 Å². The van der Waals surface area contributed by atoms with E-state index in [1.807, 2.05) is 0 Å². The van der Waals surface area contributed by atoms with Crippen molar-refractivity contribution in [2.45, 2.75) is 32.9 Å². The minimum absolute atomic E-state index is 0.176. The van der Waals surface area contributed by atoms with Crippen LogP contribution in [0.3, 0.4) is 0 Å². The first-order valence-electron chi connectivity index (χ1n) is 9.32. The standard InChI is InChI=1S/C13H18O2/c1-9(2)8-11-4-6-12(7-5-11)10(3)13(14)15/h4-7,9-10H,8H2,1-3H3,(H,14,15)/i1D3,2D3,4D,8D2,9D. The molecule has 0 saturated heterocycles. The third kappa shape index (κ3) is 3.39. The zero-order valence-electron chi connectivity index (χ0n) is 18.2. The van der Waals surface area contributed by atoms with Crippen molar-refractivity contribution in [3.05, 3.63) is 35.4 Å². The summed E-state index contributed by atoms with van der Waals surface area (Å²) in [7, 11) is 0. The van der Waals surface area contributed by atoms with Gasteiger partial charge in [-0.05, 0) is 30.3 Å². The molecule has 0 spiro atoms. The van der Waals surface area contributed by atoms with E-state index in [1.165, 1.54) is 13.0 Å². The first-order chi connectivity index (χ1) is 11.0. The summed E-state index contributed by atoms with van der Waals surface area (Å²) >= 11 is 0. The Hall–Kier alpha value is -1.31. The molecule has 0 aliphatic heterocycles. The topological polar surface area (TPSA) is 37.3 Å². The molecule has 15 heavy (non-hydrogen) atoms. The quantitative estimate of drug-likeness (QED) is 0.839. The van der Waals surface area contributed by atoms with Crippen molar-refractivity contribution in [1.29, 1.82) is 0 Å². The lowest BCUT2D eigenvalue weighted by molar-refractivity contribution is -0.138. The molecule has 1 N–H and O–H groups in total. The molecule has 2 heteroatoms. The van der Waals surface area contributed by atoms with Gasteiger partial charge in [-0.2, -0.15) is 0 Å². The maximum Gasteiger partial charge on any atom is 0.310 e. The Morgan fingerprint density at radius 3 is 2.93 bits per heavy atom. The summed E-state index contributed by atoms with van der Waals surface area (Å²) < 4.78 is 76.4. The maximum absolute atomic E-state index is 11.0. The van der Waals surface area contributed by atoms with Gasteiger partial charge in [0.15, 0.2) is 0 Å². The second-order valence-electron chi connectivity index (χ2n) is 3.10. The highest BCUT2D eigenvalue weighted by Gasteiger charge is 2.12. The third-order valence-electron chi connectivity index (χ3n) is 1.97. The van der Waals surface area contributed by atoms with E-state index in [4.69, 9.17) is 18.8 Å². The molecule has 0 aromatic heterocycles. The van der Waals surface area contributed by atoms with E-state index in [1.54, 1.807) is 0 Å². The zero-order chi connectivity index (χ0) is 20.0. The van der Waals surface area contributed by atoms with E-state index >= 15 is 0 Å². The molecule has 0 heterocycles. The number of carboxylic acids is 1. The second kappa shape index (κ2) is 4.96. The number of hydrogen-bond acceptors (Lipinski definition) is 1.